The Morgan fingerprint density at radius 3 is 2.23 bits per heavy atom. The zero-order chi connectivity index (χ0) is 29.4. The molecule has 208 valence electrons. The van der Waals surface area contributed by atoms with E-state index in [1.807, 2.05) is 35.6 Å². The van der Waals surface area contributed by atoms with Gasteiger partial charge in [0.1, 0.15) is 5.65 Å². The van der Waals surface area contributed by atoms with Gasteiger partial charge in [0.05, 0.1) is 27.6 Å². The van der Waals surface area contributed by atoms with Crippen molar-refractivity contribution in [1.29, 1.82) is 0 Å². The number of aromatic nitrogens is 4. The highest BCUT2D eigenvalue weighted by Crippen LogP contribution is 2.38. The van der Waals surface area contributed by atoms with Crippen LogP contribution in [0.4, 0.5) is 0 Å². The normalized spacial score (nSPS) is 12.2. The molecule has 0 aliphatic carbocycles. The van der Waals surface area contributed by atoms with E-state index in [4.69, 9.17) is 9.97 Å². The Morgan fingerprint density at radius 2 is 1.36 bits per heavy atom. The van der Waals surface area contributed by atoms with E-state index < -0.39 is 0 Å². The minimum Gasteiger partial charge on any atom is -0.279 e. The Bertz CT molecular complexity index is 2650. The molecule has 4 nitrogen and oxygen atoms in total. The average molecular weight is 583 g/mol. The number of para-hydroxylation sites is 4. The van der Waals surface area contributed by atoms with Crippen molar-refractivity contribution in [2.75, 3.05) is 0 Å². The third-order valence-corrected chi connectivity index (χ3v) is 9.93. The second-order valence-electron chi connectivity index (χ2n) is 11.2. The molecule has 4 aromatic heterocycles. The van der Waals surface area contributed by atoms with Gasteiger partial charge in [-0.1, -0.05) is 79.4 Å². The Morgan fingerprint density at radius 1 is 0.659 bits per heavy atom. The van der Waals surface area contributed by atoms with Crippen molar-refractivity contribution in [2.24, 2.45) is 0 Å². The van der Waals surface area contributed by atoms with Gasteiger partial charge >= 0.3 is 0 Å². The van der Waals surface area contributed by atoms with Crippen LogP contribution in [-0.2, 0) is 0 Å². The largest absolute Gasteiger partial charge is 0.279 e. The van der Waals surface area contributed by atoms with Gasteiger partial charge in [-0.15, -0.1) is 11.3 Å². The maximum absolute atomic E-state index is 5.32. The van der Waals surface area contributed by atoms with Crippen molar-refractivity contribution in [2.45, 2.75) is 6.92 Å². The molecule has 0 N–H and O–H groups in total. The molecule has 0 unspecified atom stereocenters. The molecule has 0 saturated heterocycles. The summed E-state index contributed by atoms with van der Waals surface area (Å²) < 4.78 is 5.82. The average Bonchev–Trinajstić information content (AvgIpc) is 3.72. The smallest absolute Gasteiger partial charge is 0.221 e. The van der Waals surface area contributed by atoms with Gasteiger partial charge in [-0.25, -0.2) is 9.97 Å². The molecule has 0 bridgehead atoms. The zero-order valence-corrected chi connectivity index (χ0v) is 24.8. The summed E-state index contributed by atoms with van der Waals surface area (Å²) in [6.07, 6.45) is 5.98. The quantitative estimate of drug-likeness (QED) is 0.194. The van der Waals surface area contributed by atoms with Gasteiger partial charge in [0, 0.05) is 25.7 Å². The molecule has 9 rings (SSSR count). The van der Waals surface area contributed by atoms with Crippen molar-refractivity contribution in [1.82, 2.24) is 18.9 Å². The molecular formula is C39H26N4S. The predicted molar refractivity (Wildman–Crippen MR) is 187 cm³/mol. The van der Waals surface area contributed by atoms with Gasteiger partial charge in [0.2, 0.25) is 5.95 Å². The Labute approximate surface area is 257 Å². The number of hydrogen-bond acceptors (Lipinski definition) is 3. The molecule has 44 heavy (non-hydrogen) atoms. The van der Waals surface area contributed by atoms with Crippen LogP contribution < -0.4 is 0 Å². The first-order chi connectivity index (χ1) is 21.7. The first-order valence-electron chi connectivity index (χ1n) is 14.7. The van der Waals surface area contributed by atoms with Gasteiger partial charge in [-0.2, -0.15) is 0 Å². The summed E-state index contributed by atoms with van der Waals surface area (Å²) in [6.45, 7) is 6.04. The van der Waals surface area contributed by atoms with Crippen molar-refractivity contribution in [3.63, 3.8) is 0 Å². The Balaban J connectivity index is 1.36. The monoisotopic (exact) mass is 582 g/mol. The van der Waals surface area contributed by atoms with Crippen LogP contribution in [0, 0.1) is 6.92 Å². The van der Waals surface area contributed by atoms with E-state index in [1.165, 1.54) is 42.4 Å². The highest BCUT2D eigenvalue weighted by molar-refractivity contribution is 7.20. The van der Waals surface area contributed by atoms with Crippen LogP contribution >= 0.6 is 11.3 Å². The van der Waals surface area contributed by atoms with E-state index in [1.54, 1.807) is 0 Å². The third-order valence-electron chi connectivity index (χ3n) is 8.69. The van der Waals surface area contributed by atoms with Crippen LogP contribution in [0.25, 0.3) is 82.6 Å². The fourth-order valence-electron chi connectivity index (χ4n) is 6.58. The van der Waals surface area contributed by atoms with Gasteiger partial charge in [0.25, 0.3) is 0 Å². The van der Waals surface area contributed by atoms with E-state index in [2.05, 4.69) is 126 Å². The molecule has 0 radical (unpaired) electrons. The summed E-state index contributed by atoms with van der Waals surface area (Å²) >= 11 is 1.82. The maximum atomic E-state index is 5.32. The zero-order valence-electron chi connectivity index (χ0n) is 24.0. The van der Waals surface area contributed by atoms with Crippen LogP contribution in [0.1, 0.15) is 10.4 Å². The molecule has 0 aliphatic rings. The molecule has 5 aromatic carbocycles. The minimum atomic E-state index is 0.832. The minimum absolute atomic E-state index is 0.832. The number of nitrogens with zero attached hydrogens (tertiary/aromatic N) is 4. The molecule has 9 aromatic rings. The topological polar surface area (TPSA) is 35.1 Å². The molecule has 0 spiro atoms. The Kier molecular flexibility index (Phi) is 5.40. The van der Waals surface area contributed by atoms with Crippen LogP contribution in [-0.4, -0.2) is 18.9 Å². The standard InChI is InChI=1S/C39H26N4S/c1-3-4-17-36-24(2)30-22-25(19-21-37(30)44-36)26-18-20-28-27-11-6-9-15-33(27)42(35(28)23-26)39-41-31-13-7-5-12-29(31)38-40-32-14-8-10-16-34(32)43(38)39/h3-23H,1H2,2H3/b17-4-. The lowest BCUT2D eigenvalue weighted by molar-refractivity contribution is 0.979. The van der Waals surface area contributed by atoms with Crippen molar-refractivity contribution in [3.8, 4) is 17.1 Å². The number of aryl methyl sites for hydroxylation is 1. The molecule has 0 fully saturated rings. The van der Waals surface area contributed by atoms with E-state index >= 15 is 0 Å². The number of fused-ring (bicyclic) bond motifs is 9. The second-order valence-corrected chi connectivity index (χ2v) is 12.3. The number of imidazole rings is 1. The van der Waals surface area contributed by atoms with Crippen LogP contribution in [0.3, 0.4) is 0 Å². The Hall–Kier alpha value is -5.52. The van der Waals surface area contributed by atoms with E-state index in [0.29, 0.717) is 0 Å². The molecule has 0 saturated carbocycles. The van der Waals surface area contributed by atoms with Gasteiger partial charge in [-0.05, 0) is 83.6 Å². The van der Waals surface area contributed by atoms with Gasteiger partial charge in [0.15, 0.2) is 0 Å². The predicted octanol–water partition coefficient (Wildman–Crippen LogP) is 10.5. The van der Waals surface area contributed by atoms with Crippen LogP contribution in [0.5, 0.6) is 0 Å². The number of benzene rings is 5. The summed E-state index contributed by atoms with van der Waals surface area (Å²) in [5.74, 6) is 0.832. The second kappa shape index (κ2) is 9.49. The van der Waals surface area contributed by atoms with Crippen molar-refractivity contribution in [3.05, 3.63) is 138 Å². The van der Waals surface area contributed by atoms with E-state index in [0.717, 1.165) is 44.6 Å². The van der Waals surface area contributed by atoms with Gasteiger partial charge in [-0.3, -0.25) is 8.97 Å². The molecule has 0 amide bonds. The van der Waals surface area contributed by atoms with Crippen molar-refractivity contribution >= 4 is 76.9 Å². The summed E-state index contributed by atoms with van der Waals surface area (Å²) in [5, 5.41) is 4.72. The molecule has 4 heterocycles. The summed E-state index contributed by atoms with van der Waals surface area (Å²) in [5.41, 5.74) is 9.72. The highest BCUT2D eigenvalue weighted by Gasteiger charge is 2.20. The molecular weight excluding hydrogens is 557 g/mol. The molecule has 0 atom stereocenters. The number of allylic oxidation sites excluding steroid dienone is 2. The fraction of sp³-hybridized carbons (Fsp3) is 0.0256. The summed E-state index contributed by atoms with van der Waals surface area (Å²) in [4.78, 5) is 11.7. The van der Waals surface area contributed by atoms with E-state index in [-0.39, 0.29) is 0 Å². The van der Waals surface area contributed by atoms with E-state index in [9.17, 15) is 0 Å². The van der Waals surface area contributed by atoms with Crippen molar-refractivity contribution < 1.29 is 0 Å². The summed E-state index contributed by atoms with van der Waals surface area (Å²) in [6, 6.07) is 38.9. The van der Waals surface area contributed by atoms with Gasteiger partial charge < -0.3 is 0 Å². The molecule has 5 heteroatoms. The third kappa shape index (κ3) is 3.57. The number of rotatable bonds is 4. The first-order valence-corrected chi connectivity index (χ1v) is 15.5. The number of hydrogen-bond donors (Lipinski definition) is 0. The highest BCUT2D eigenvalue weighted by atomic mass is 32.1. The lowest BCUT2D eigenvalue weighted by atomic mass is 10.0. The lowest BCUT2D eigenvalue weighted by Gasteiger charge is -2.13. The number of thiophene rings is 1. The SMILES string of the molecule is C=C/C=C\c1sc2ccc(-c3ccc4c5ccccc5n(-c5nc6ccccc6c6nc7ccccc7n56)c4c3)cc2c1C. The maximum Gasteiger partial charge on any atom is 0.221 e. The molecule has 0 aliphatic heterocycles. The summed E-state index contributed by atoms with van der Waals surface area (Å²) in [7, 11) is 0. The first kappa shape index (κ1) is 25.0. The lowest BCUT2D eigenvalue weighted by Crippen LogP contribution is -2.06. The van der Waals surface area contributed by atoms with Crippen LogP contribution in [0.2, 0.25) is 0 Å². The fourth-order valence-corrected chi connectivity index (χ4v) is 7.68. The van der Waals surface area contributed by atoms with Crippen LogP contribution in [0.15, 0.2) is 128 Å².